The molecule has 2 rings (SSSR count). The average Bonchev–Trinajstić information content (AvgIpc) is 2.80. The van der Waals surface area contributed by atoms with Crippen LogP contribution in [0.15, 0.2) is 18.2 Å². The number of hydrogen-bond acceptors (Lipinski definition) is 4. The van der Waals surface area contributed by atoms with Crippen molar-refractivity contribution in [1.29, 1.82) is 0 Å². The topological polar surface area (TPSA) is 61.6 Å². The number of nitrogens with two attached hydrogens (primary N) is 1. The van der Waals surface area contributed by atoms with Gasteiger partial charge in [0.1, 0.15) is 6.10 Å². The fourth-order valence-electron chi connectivity index (χ4n) is 1.73. The highest BCUT2D eigenvalue weighted by Crippen LogP contribution is 2.31. The van der Waals surface area contributed by atoms with Crippen molar-refractivity contribution in [3.63, 3.8) is 0 Å². The van der Waals surface area contributed by atoms with E-state index in [0.717, 1.165) is 12.1 Å². The summed E-state index contributed by atoms with van der Waals surface area (Å²) in [5, 5.41) is 0. The second kappa shape index (κ2) is 5.08. The molecule has 1 unspecified atom stereocenters. The molecule has 1 aromatic carbocycles. The van der Waals surface area contributed by atoms with E-state index in [4.69, 9.17) is 15.2 Å². The van der Waals surface area contributed by atoms with Gasteiger partial charge in [-0.1, -0.05) is 0 Å². The van der Waals surface area contributed by atoms with Crippen LogP contribution >= 0.6 is 0 Å². The van der Waals surface area contributed by atoms with E-state index in [1.54, 1.807) is 0 Å². The summed E-state index contributed by atoms with van der Waals surface area (Å²) in [7, 11) is 0. The van der Waals surface area contributed by atoms with Crippen LogP contribution in [0.5, 0.6) is 0 Å². The van der Waals surface area contributed by atoms with Crippen molar-refractivity contribution >= 4 is 11.7 Å². The molecule has 104 valence electrons. The van der Waals surface area contributed by atoms with Gasteiger partial charge in [0.25, 0.3) is 0 Å². The quantitative estimate of drug-likeness (QED) is 0.664. The van der Waals surface area contributed by atoms with Gasteiger partial charge in [0.2, 0.25) is 0 Å². The van der Waals surface area contributed by atoms with Crippen LogP contribution in [0.3, 0.4) is 0 Å². The molecule has 0 bridgehead atoms. The molecule has 0 amide bonds. The Labute approximate surface area is 107 Å². The van der Waals surface area contributed by atoms with Gasteiger partial charge in [-0.05, 0) is 18.2 Å². The van der Waals surface area contributed by atoms with Gasteiger partial charge in [-0.3, -0.25) is 0 Å². The van der Waals surface area contributed by atoms with Crippen LogP contribution in [0.2, 0.25) is 0 Å². The van der Waals surface area contributed by atoms with Gasteiger partial charge in [-0.2, -0.15) is 13.2 Å². The van der Waals surface area contributed by atoms with E-state index >= 15 is 0 Å². The maximum atomic E-state index is 12.6. The maximum absolute atomic E-state index is 12.6. The molecule has 1 heterocycles. The monoisotopic (exact) mass is 275 g/mol. The summed E-state index contributed by atoms with van der Waals surface area (Å²) in [6, 6.07) is 2.57. The Balaban J connectivity index is 2.20. The zero-order valence-corrected chi connectivity index (χ0v) is 9.87. The second-order valence-electron chi connectivity index (χ2n) is 4.19. The SMILES string of the molecule is Nc1ccc(C(F)(F)F)cc1C(=O)OC1CCOC1. The number of halogens is 3. The Hall–Kier alpha value is -1.76. The van der Waals surface area contributed by atoms with E-state index in [0.29, 0.717) is 19.1 Å². The van der Waals surface area contributed by atoms with Crippen LogP contribution in [-0.2, 0) is 15.7 Å². The van der Waals surface area contributed by atoms with Crippen molar-refractivity contribution in [3.05, 3.63) is 29.3 Å². The number of carbonyl (C=O) groups excluding carboxylic acids is 1. The highest BCUT2D eigenvalue weighted by atomic mass is 19.4. The number of benzene rings is 1. The maximum Gasteiger partial charge on any atom is 0.416 e. The predicted octanol–water partition coefficient (Wildman–Crippen LogP) is 2.23. The number of hydrogen-bond donors (Lipinski definition) is 1. The van der Waals surface area contributed by atoms with Crippen LogP contribution < -0.4 is 5.73 Å². The van der Waals surface area contributed by atoms with Crippen LogP contribution in [-0.4, -0.2) is 25.3 Å². The minimum absolute atomic E-state index is 0.0445. The summed E-state index contributed by atoms with van der Waals surface area (Å²) < 4.78 is 47.7. The summed E-state index contributed by atoms with van der Waals surface area (Å²) in [6.07, 6.45) is -4.43. The van der Waals surface area contributed by atoms with Gasteiger partial charge in [0.15, 0.2) is 0 Å². The largest absolute Gasteiger partial charge is 0.456 e. The van der Waals surface area contributed by atoms with Crippen molar-refractivity contribution in [2.24, 2.45) is 0 Å². The van der Waals surface area contributed by atoms with Crippen molar-refractivity contribution in [2.45, 2.75) is 18.7 Å². The predicted molar refractivity (Wildman–Crippen MR) is 60.5 cm³/mol. The Morgan fingerprint density at radius 3 is 2.74 bits per heavy atom. The third-order valence-corrected chi connectivity index (χ3v) is 2.76. The molecule has 0 radical (unpaired) electrons. The third-order valence-electron chi connectivity index (χ3n) is 2.76. The molecule has 1 aliphatic rings. The number of rotatable bonds is 2. The van der Waals surface area contributed by atoms with Gasteiger partial charge >= 0.3 is 12.1 Å². The molecule has 1 aromatic rings. The Morgan fingerprint density at radius 2 is 2.16 bits per heavy atom. The standard InChI is InChI=1S/C12H12F3NO3/c13-12(14,15)7-1-2-10(16)9(5-7)11(17)19-8-3-4-18-6-8/h1-2,5,8H,3-4,6,16H2. The van der Waals surface area contributed by atoms with Crippen LogP contribution in [0.1, 0.15) is 22.3 Å². The van der Waals surface area contributed by atoms with E-state index in [1.807, 2.05) is 0 Å². The van der Waals surface area contributed by atoms with Crippen LogP contribution in [0.25, 0.3) is 0 Å². The van der Waals surface area contributed by atoms with Gasteiger partial charge in [-0.25, -0.2) is 4.79 Å². The fraction of sp³-hybridized carbons (Fsp3) is 0.417. The highest BCUT2D eigenvalue weighted by molar-refractivity contribution is 5.95. The van der Waals surface area contributed by atoms with E-state index in [-0.39, 0.29) is 17.9 Å². The molecule has 1 aliphatic heterocycles. The summed E-state index contributed by atoms with van der Waals surface area (Å²) in [4.78, 5) is 11.8. The van der Waals surface area contributed by atoms with Gasteiger partial charge in [-0.15, -0.1) is 0 Å². The van der Waals surface area contributed by atoms with Crippen LogP contribution in [0.4, 0.5) is 18.9 Å². The molecule has 0 saturated carbocycles. The lowest BCUT2D eigenvalue weighted by Crippen LogP contribution is -2.19. The summed E-state index contributed by atoms with van der Waals surface area (Å²) in [6.45, 7) is 0.723. The Morgan fingerprint density at radius 1 is 1.42 bits per heavy atom. The number of carbonyl (C=O) groups is 1. The molecule has 0 aromatic heterocycles. The first-order chi connectivity index (χ1) is 8.88. The first kappa shape index (κ1) is 13.7. The van der Waals surface area contributed by atoms with Crippen molar-refractivity contribution < 1.29 is 27.4 Å². The zero-order chi connectivity index (χ0) is 14.0. The number of ether oxygens (including phenoxy) is 2. The molecule has 1 fully saturated rings. The lowest BCUT2D eigenvalue weighted by molar-refractivity contribution is -0.137. The molecular formula is C12H12F3NO3. The number of alkyl halides is 3. The minimum atomic E-state index is -4.53. The van der Waals surface area contributed by atoms with Crippen LogP contribution in [0, 0.1) is 0 Å². The van der Waals surface area contributed by atoms with Crippen molar-refractivity contribution in [1.82, 2.24) is 0 Å². The van der Waals surface area contributed by atoms with E-state index in [9.17, 15) is 18.0 Å². The Kier molecular flexibility index (Phi) is 3.66. The van der Waals surface area contributed by atoms with E-state index < -0.39 is 23.8 Å². The molecule has 0 spiro atoms. The normalized spacial score (nSPS) is 19.4. The smallest absolute Gasteiger partial charge is 0.416 e. The third kappa shape index (κ3) is 3.17. The number of esters is 1. The lowest BCUT2D eigenvalue weighted by Gasteiger charge is -2.13. The number of anilines is 1. The summed E-state index contributed by atoms with van der Waals surface area (Å²) in [5.74, 6) is -0.862. The van der Waals surface area contributed by atoms with Gasteiger partial charge < -0.3 is 15.2 Å². The molecule has 2 N–H and O–H groups in total. The lowest BCUT2D eigenvalue weighted by atomic mass is 10.1. The van der Waals surface area contributed by atoms with E-state index in [2.05, 4.69) is 0 Å². The highest BCUT2D eigenvalue weighted by Gasteiger charge is 2.32. The first-order valence-electron chi connectivity index (χ1n) is 5.63. The average molecular weight is 275 g/mol. The van der Waals surface area contributed by atoms with Gasteiger partial charge in [0, 0.05) is 12.1 Å². The molecule has 0 aliphatic carbocycles. The number of nitrogen functional groups attached to an aromatic ring is 1. The first-order valence-corrected chi connectivity index (χ1v) is 5.63. The molecule has 1 atom stereocenters. The Bertz CT molecular complexity index is 482. The summed E-state index contributed by atoms with van der Waals surface area (Å²) >= 11 is 0. The second-order valence-corrected chi connectivity index (χ2v) is 4.19. The summed E-state index contributed by atoms with van der Waals surface area (Å²) in [5.41, 5.74) is 4.25. The molecule has 1 saturated heterocycles. The molecule has 19 heavy (non-hydrogen) atoms. The molecule has 7 heteroatoms. The fourth-order valence-corrected chi connectivity index (χ4v) is 1.73. The van der Waals surface area contributed by atoms with E-state index in [1.165, 1.54) is 0 Å². The van der Waals surface area contributed by atoms with Gasteiger partial charge in [0.05, 0.1) is 24.3 Å². The van der Waals surface area contributed by atoms with Crippen molar-refractivity contribution in [3.8, 4) is 0 Å². The minimum Gasteiger partial charge on any atom is -0.456 e. The molecule has 4 nitrogen and oxygen atoms in total. The zero-order valence-electron chi connectivity index (χ0n) is 9.87. The van der Waals surface area contributed by atoms with Crippen molar-refractivity contribution in [2.75, 3.05) is 18.9 Å². The molecular weight excluding hydrogens is 263 g/mol.